The average Bonchev–Trinajstić information content (AvgIpc) is 2.75. The molecule has 130 valence electrons. The lowest BCUT2D eigenvalue weighted by molar-refractivity contribution is -0.116. The van der Waals surface area contributed by atoms with Gasteiger partial charge in [0.25, 0.3) is 0 Å². The molecule has 0 radical (unpaired) electrons. The Morgan fingerprint density at radius 2 is 2.08 bits per heavy atom. The van der Waals surface area contributed by atoms with Gasteiger partial charge in [-0.3, -0.25) is 4.79 Å². The molecule has 2 aromatic rings. The van der Waals surface area contributed by atoms with Gasteiger partial charge in [0.15, 0.2) is 0 Å². The summed E-state index contributed by atoms with van der Waals surface area (Å²) in [5, 5.41) is 16.5. The third-order valence-corrected chi connectivity index (χ3v) is 5.77. The van der Waals surface area contributed by atoms with Crippen molar-refractivity contribution >= 4 is 27.9 Å². The minimum Gasteiger partial charge on any atom is -0.374 e. The predicted octanol–water partition coefficient (Wildman–Crippen LogP) is 4.64. The van der Waals surface area contributed by atoms with E-state index in [0.717, 1.165) is 42.5 Å². The maximum Gasteiger partial charge on any atom is 0.247 e. The van der Waals surface area contributed by atoms with E-state index in [4.69, 9.17) is 0 Å². The molecule has 1 aromatic carbocycles. The molecule has 3 rings (SSSR count). The van der Waals surface area contributed by atoms with Crippen LogP contribution in [0.25, 0.3) is 0 Å². The minimum absolute atomic E-state index is 0.116. The molecule has 0 unspecified atom stereocenters. The van der Waals surface area contributed by atoms with Crippen LogP contribution in [-0.4, -0.2) is 11.9 Å². The standard InChI is InChI=1S/C20H23N3OS/c1-13-7-6-8-15(11-13)22-14(2)19(24)23-20-17(12-21)16-9-4-3-5-10-18(16)25-20/h6-8,11,14,22H,3-5,9-10H2,1-2H3,(H,23,24)/t14-/m0/s1. The van der Waals surface area contributed by atoms with Crippen LogP contribution < -0.4 is 10.6 Å². The Morgan fingerprint density at radius 3 is 2.84 bits per heavy atom. The summed E-state index contributed by atoms with van der Waals surface area (Å²) < 4.78 is 0. The smallest absolute Gasteiger partial charge is 0.247 e. The molecule has 1 aliphatic carbocycles. The zero-order valence-corrected chi connectivity index (χ0v) is 15.5. The molecule has 0 bridgehead atoms. The molecule has 1 aliphatic rings. The average molecular weight is 353 g/mol. The molecule has 1 aromatic heterocycles. The number of carbonyl (C=O) groups is 1. The Hall–Kier alpha value is -2.32. The molecular weight excluding hydrogens is 330 g/mol. The Bertz CT molecular complexity index is 819. The molecule has 25 heavy (non-hydrogen) atoms. The summed E-state index contributed by atoms with van der Waals surface area (Å²) in [4.78, 5) is 13.8. The maximum absolute atomic E-state index is 12.6. The van der Waals surface area contributed by atoms with Crippen molar-refractivity contribution in [2.45, 2.75) is 52.0 Å². The molecule has 1 amide bonds. The summed E-state index contributed by atoms with van der Waals surface area (Å²) in [5.41, 5.74) is 3.88. The summed E-state index contributed by atoms with van der Waals surface area (Å²) >= 11 is 1.57. The molecular formula is C20H23N3OS. The fourth-order valence-electron chi connectivity index (χ4n) is 3.22. The molecule has 0 aliphatic heterocycles. The monoisotopic (exact) mass is 353 g/mol. The molecule has 1 heterocycles. The van der Waals surface area contributed by atoms with E-state index in [1.54, 1.807) is 11.3 Å². The number of nitrogens with zero attached hydrogens (tertiary/aromatic N) is 1. The normalized spacial score (nSPS) is 14.8. The first-order valence-corrected chi connectivity index (χ1v) is 9.59. The molecule has 0 saturated carbocycles. The second-order valence-corrected chi connectivity index (χ2v) is 7.71. The van der Waals surface area contributed by atoms with Gasteiger partial charge in [-0.15, -0.1) is 11.3 Å². The first-order chi connectivity index (χ1) is 12.1. The van der Waals surface area contributed by atoms with Gasteiger partial charge in [-0.25, -0.2) is 0 Å². The van der Waals surface area contributed by atoms with Crippen LogP contribution in [0.3, 0.4) is 0 Å². The van der Waals surface area contributed by atoms with Crippen LogP contribution in [0.15, 0.2) is 24.3 Å². The topological polar surface area (TPSA) is 64.9 Å². The molecule has 0 fully saturated rings. The predicted molar refractivity (Wildman–Crippen MR) is 103 cm³/mol. The molecule has 0 saturated heterocycles. The van der Waals surface area contributed by atoms with Crippen LogP contribution >= 0.6 is 11.3 Å². The lowest BCUT2D eigenvalue weighted by Gasteiger charge is -2.15. The quantitative estimate of drug-likeness (QED) is 0.787. The number of anilines is 2. The number of aryl methyl sites for hydroxylation is 2. The largest absolute Gasteiger partial charge is 0.374 e. The highest BCUT2D eigenvalue weighted by molar-refractivity contribution is 7.16. The van der Waals surface area contributed by atoms with Gasteiger partial charge in [0.1, 0.15) is 17.1 Å². The highest BCUT2D eigenvalue weighted by Crippen LogP contribution is 2.37. The summed E-state index contributed by atoms with van der Waals surface area (Å²) in [6.07, 6.45) is 5.46. The second-order valence-electron chi connectivity index (χ2n) is 6.61. The van der Waals surface area contributed by atoms with Crippen LogP contribution in [0.2, 0.25) is 0 Å². The fourth-order valence-corrected chi connectivity index (χ4v) is 4.46. The van der Waals surface area contributed by atoms with Gasteiger partial charge in [0.2, 0.25) is 5.91 Å². The van der Waals surface area contributed by atoms with Crippen LogP contribution in [0.4, 0.5) is 10.7 Å². The number of fused-ring (bicyclic) bond motifs is 1. The molecule has 0 spiro atoms. The first kappa shape index (κ1) is 17.5. The Balaban J connectivity index is 1.73. The molecule has 4 nitrogen and oxygen atoms in total. The van der Waals surface area contributed by atoms with E-state index in [1.807, 2.05) is 38.1 Å². The van der Waals surface area contributed by atoms with Crippen molar-refractivity contribution in [3.63, 3.8) is 0 Å². The Labute approximate surface area is 152 Å². The van der Waals surface area contributed by atoms with Crippen molar-refractivity contribution < 1.29 is 4.79 Å². The van der Waals surface area contributed by atoms with Crippen LogP contribution in [-0.2, 0) is 17.6 Å². The Morgan fingerprint density at radius 1 is 1.28 bits per heavy atom. The van der Waals surface area contributed by atoms with Gasteiger partial charge >= 0.3 is 0 Å². The highest BCUT2D eigenvalue weighted by Gasteiger charge is 2.22. The van der Waals surface area contributed by atoms with Gasteiger partial charge in [-0.1, -0.05) is 18.6 Å². The van der Waals surface area contributed by atoms with E-state index >= 15 is 0 Å². The van der Waals surface area contributed by atoms with Crippen molar-refractivity contribution in [2.24, 2.45) is 0 Å². The SMILES string of the molecule is Cc1cccc(N[C@@H](C)C(=O)Nc2sc3c(c2C#N)CCCCC3)c1. The number of benzene rings is 1. The number of hydrogen-bond acceptors (Lipinski definition) is 4. The van der Waals surface area contributed by atoms with Gasteiger partial charge in [-0.05, 0) is 62.8 Å². The maximum atomic E-state index is 12.6. The van der Waals surface area contributed by atoms with Crippen molar-refractivity contribution in [2.75, 3.05) is 10.6 Å². The van der Waals surface area contributed by atoms with Crippen LogP contribution in [0.1, 0.15) is 47.8 Å². The lowest BCUT2D eigenvalue weighted by atomic mass is 10.1. The number of nitriles is 1. The Kier molecular flexibility index (Phi) is 5.40. The van der Waals surface area contributed by atoms with E-state index in [0.29, 0.717) is 10.6 Å². The summed E-state index contributed by atoms with van der Waals surface area (Å²) in [7, 11) is 0. The number of thiophene rings is 1. The van der Waals surface area contributed by atoms with E-state index in [2.05, 4.69) is 16.7 Å². The highest BCUT2D eigenvalue weighted by atomic mass is 32.1. The zero-order valence-electron chi connectivity index (χ0n) is 14.7. The van der Waals surface area contributed by atoms with Gasteiger partial charge in [0.05, 0.1) is 5.56 Å². The van der Waals surface area contributed by atoms with E-state index < -0.39 is 0 Å². The molecule has 5 heteroatoms. The molecule has 2 N–H and O–H groups in total. The number of carbonyl (C=O) groups excluding carboxylic acids is 1. The third-order valence-electron chi connectivity index (χ3n) is 4.56. The number of hydrogen-bond donors (Lipinski definition) is 2. The van der Waals surface area contributed by atoms with Gasteiger partial charge in [0, 0.05) is 10.6 Å². The number of amides is 1. The second kappa shape index (κ2) is 7.71. The van der Waals surface area contributed by atoms with Crippen LogP contribution in [0, 0.1) is 18.3 Å². The van der Waals surface area contributed by atoms with Gasteiger partial charge in [-0.2, -0.15) is 5.26 Å². The van der Waals surface area contributed by atoms with Crippen molar-refractivity contribution in [1.82, 2.24) is 0 Å². The molecule has 1 atom stereocenters. The fraction of sp³-hybridized carbons (Fsp3) is 0.400. The van der Waals surface area contributed by atoms with E-state index in [-0.39, 0.29) is 11.9 Å². The lowest BCUT2D eigenvalue weighted by Crippen LogP contribution is -2.31. The van der Waals surface area contributed by atoms with Gasteiger partial charge < -0.3 is 10.6 Å². The summed E-state index contributed by atoms with van der Waals surface area (Å²) in [6, 6.07) is 9.88. The van der Waals surface area contributed by atoms with Crippen molar-refractivity contribution in [1.29, 1.82) is 5.26 Å². The van der Waals surface area contributed by atoms with Crippen molar-refractivity contribution in [3.05, 3.63) is 45.8 Å². The minimum atomic E-state index is -0.379. The summed E-state index contributed by atoms with van der Waals surface area (Å²) in [5.74, 6) is -0.116. The van der Waals surface area contributed by atoms with Crippen LogP contribution in [0.5, 0.6) is 0 Å². The number of rotatable bonds is 4. The van der Waals surface area contributed by atoms with E-state index in [9.17, 15) is 10.1 Å². The zero-order chi connectivity index (χ0) is 17.8. The first-order valence-electron chi connectivity index (χ1n) is 8.77. The van der Waals surface area contributed by atoms with Crippen molar-refractivity contribution in [3.8, 4) is 6.07 Å². The number of nitrogens with one attached hydrogen (secondary N) is 2. The van der Waals surface area contributed by atoms with E-state index in [1.165, 1.54) is 11.3 Å². The third kappa shape index (κ3) is 4.02. The summed E-state index contributed by atoms with van der Waals surface area (Å²) in [6.45, 7) is 3.86.